The molecular weight excluding hydrogens is 270 g/mol. The van der Waals surface area contributed by atoms with Crippen molar-refractivity contribution in [3.05, 3.63) is 23.8 Å². The summed E-state index contributed by atoms with van der Waals surface area (Å²) in [5.41, 5.74) is 1.05. The fourth-order valence-corrected chi connectivity index (χ4v) is 1.98. The Morgan fingerprint density at radius 2 is 1.86 bits per heavy atom. The fourth-order valence-electron chi connectivity index (χ4n) is 1.98. The van der Waals surface area contributed by atoms with Gasteiger partial charge in [-0.2, -0.15) is 0 Å². The van der Waals surface area contributed by atoms with Gasteiger partial charge in [0.2, 0.25) is 0 Å². The maximum absolute atomic E-state index is 5.67. The van der Waals surface area contributed by atoms with Crippen molar-refractivity contribution in [1.82, 2.24) is 5.32 Å². The van der Waals surface area contributed by atoms with Gasteiger partial charge in [0.1, 0.15) is 11.5 Å². The lowest BCUT2D eigenvalue weighted by Gasteiger charge is -2.20. The highest BCUT2D eigenvalue weighted by molar-refractivity contribution is 5.42. The van der Waals surface area contributed by atoms with Crippen LogP contribution in [0.25, 0.3) is 0 Å². The van der Waals surface area contributed by atoms with Crippen LogP contribution in [0.5, 0.6) is 11.5 Å². The number of rotatable bonds is 10. The zero-order valence-electron chi connectivity index (χ0n) is 13.6. The second kappa shape index (κ2) is 9.60. The average molecular weight is 297 g/mol. The first kappa shape index (κ1) is 17.8. The molecule has 0 aliphatic carbocycles. The Kier molecular flexibility index (Phi) is 8.12. The molecule has 1 unspecified atom stereocenters. The first-order valence-electron chi connectivity index (χ1n) is 7.20. The predicted molar refractivity (Wildman–Crippen MR) is 83.3 cm³/mol. The summed E-state index contributed by atoms with van der Waals surface area (Å²) >= 11 is 0. The SMILES string of the molecule is CNC(COCCOC(C)C)c1ccc(OC)cc1OC. The molecule has 0 aromatic heterocycles. The second-order valence-corrected chi connectivity index (χ2v) is 4.94. The number of benzene rings is 1. The second-order valence-electron chi connectivity index (χ2n) is 4.94. The van der Waals surface area contributed by atoms with E-state index in [-0.39, 0.29) is 12.1 Å². The van der Waals surface area contributed by atoms with Gasteiger partial charge >= 0.3 is 0 Å². The molecule has 21 heavy (non-hydrogen) atoms. The van der Waals surface area contributed by atoms with Gasteiger partial charge in [0.05, 0.1) is 46.2 Å². The predicted octanol–water partition coefficient (Wildman–Crippen LogP) is 2.41. The number of methoxy groups -OCH3 is 2. The minimum Gasteiger partial charge on any atom is -0.497 e. The van der Waals surface area contributed by atoms with Gasteiger partial charge in [0, 0.05) is 11.6 Å². The molecule has 0 spiro atoms. The molecule has 5 nitrogen and oxygen atoms in total. The molecular formula is C16H27NO4. The summed E-state index contributed by atoms with van der Waals surface area (Å²) in [6.07, 6.45) is 0.232. The Balaban J connectivity index is 2.59. The van der Waals surface area contributed by atoms with Crippen LogP contribution >= 0.6 is 0 Å². The number of ether oxygens (including phenoxy) is 4. The lowest BCUT2D eigenvalue weighted by atomic mass is 10.1. The molecule has 1 rings (SSSR count). The molecule has 0 aliphatic heterocycles. The minimum atomic E-state index is 0.0601. The Bertz CT molecular complexity index is 409. The van der Waals surface area contributed by atoms with Crippen LogP contribution in [0.4, 0.5) is 0 Å². The highest BCUT2D eigenvalue weighted by Gasteiger charge is 2.15. The van der Waals surface area contributed by atoms with E-state index >= 15 is 0 Å². The topological polar surface area (TPSA) is 49.0 Å². The molecule has 1 aromatic rings. The van der Waals surface area contributed by atoms with Crippen molar-refractivity contribution in [2.45, 2.75) is 26.0 Å². The van der Waals surface area contributed by atoms with Crippen molar-refractivity contribution in [2.75, 3.05) is 41.1 Å². The summed E-state index contributed by atoms with van der Waals surface area (Å²) in [5, 5.41) is 3.24. The summed E-state index contributed by atoms with van der Waals surface area (Å²) in [6, 6.07) is 5.85. The van der Waals surface area contributed by atoms with E-state index < -0.39 is 0 Å². The Morgan fingerprint density at radius 1 is 1.10 bits per heavy atom. The largest absolute Gasteiger partial charge is 0.497 e. The van der Waals surface area contributed by atoms with E-state index in [0.717, 1.165) is 17.1 Å². The van der Waals surface area contributed by atoms with Gasteiger partial charge in [0.25, 0.3) is 0 Å². The van der Waals surface area contributed by atoms with Gasteiger partial charge in [-0.25, -0.2) is 0 Å². The van der Waals surface area contributed by atoms with E-state index in [1.165, 1.54) is 0 Å². The molecule has 5 heteroatoms. The van der Waals surface area contributed by atoms with Crippen LogP contribution in [-0.2, 0) is 9.47 Å². The minimum absolute atomic E-state index is 0.0601. The van der Waals surface area contributed by atoms with Crippen LogP contribution in [0.15, 0.2) is 18.2 Å². The molecule has 0 radical (unpaired) electrons. The van der Waals surface area contributed by atoms with Gasteiger partial charge in [0.15, 0.2) is 0 Å². The molecule has 0 fully saturated rings. The molecule has 0 aliphatic rings. The summed E-state index contributed by atoms with van der Waals surface area (Å²) in [6.45, 7) is 5.76. The van der Waals surface area contributed by atoms with Crippen LogP contribution in [0.2, 0.25) is 0 Å². The maximum Gasteiger partial charge on any atom is 0.127 e. The van der Waals surface area contributed by atoms with E-state index in [1.54, 1.807) is 14.2 Å². The third-order valence-corrected chi connectivity index (χ3v) is 3.13. The lowest BCUT2D eigenvalue weighted by molar-refractivity contribution is 0.0140. The molecule has 0 saturated carbocycles. The highest BCUT2D eigenvalue weighted by Crippen LogP contribution is 2.29. The van der Waals surface area contributed by atoms with E-state index in [9.17, 15) is 0 Å². The fraction of sp³-hybridized carbons (Fsp3) is 0.625. The monoisotopic (exact) mass is 297 g/mol. The Morgan fingerprint density at radius 3 is 2.43 bits per heavy atom. The molecule has 1 N–H and O–H groups in total. The molecule has 0 bridgehead atoms. The summed E-state index contributed by atoms with van der Waals surface area (Å²) < 4.78 is 21.8. The van der Waals surface area contributed by atoms with Crippen LogP contribution in [0, 0.1) is 0 Å². The van der Waals surface area contributed by atoms with Crippen molar-refractivity contribution >= 4 is 0 Å². The van der Waals surface area contributed by atoms with Crippen LogP contribution in [-0.4, -0.2) is 47.2 Å². The standard InChI is InChI=1S/C16H27NO4/c1-12(2)21-9-8-20-11-15(17-3)14-7-6-13(18-4)10-16(14)19-5/h6-7,10,12,15,17H,8-9,11H2,1-5H3. The van der Waals surface area contributed by atoms with Crippen molar-refractivity contribution in [1.29, 1.82) is 0 Å². The number of nitrogens with one attached hydrogen (secondary N) is 1. The van der Waals surface area contributed by atoms with E-state index in [0.29, 0.717) is 19.8 Å². The quantitative estimate of drug-likeness (QED) is 0.672. The average Bonchev–Trinajstić information content (AvgIpc) is 2.50. The maximum atomic E-state index is 5.67. The third-order valence-electron chi connectivity index (χ3n) is 3.13. The van der Waals surface area contributed by atoms with Crippen LogP contribution < -0.4 is 14.8 Å². The molecule has 1 aromatic carbocycles. The molecule has 0 amide bonds. The van der Waals surface area contributed by atoms with Crippen LogP contribution in [0.1, 0.15) is 25.5 Å². The highest BCUT2D eigenvalue weighted by atomic mass is 16.5. The molecule has 120 valence electrons. The zero-order valence-corrected chi connectivity index (χ0v) is 13.6. The first-order valence-corrected chi connectivity index (χ1v) is 7.20. The zero-order chi connectivity index (χ0) is 15.7. The number of hydrogen-bond acceptors (Lipinski definition) is 5. The van der Waals surface area contributed by atoms with Crippen molar-refractivity contribution in [3.63, 3.8) is 0 Å². The van der Waals surface area contributed by atoms with Crippen LogP contribution in [0.3, 0.4) is 0 Å². The van der Waals surface area contributed by atoms with Gasteiger partial charge in [-0.15, -0.1) is 0 Å². The van der Waals surface area contributed by atoms with Gasteiger partial charge in [-0.1, -0.05) is 0 Å². The van der Waals surface area contributed by atoms with Gasteiger partial charge in [-0.3, -0.25) is 0 Å². The van der Waals surface area contributed by atoms with E-state index in [2.05, 4.69) is 5.32 Å². The Labute approximate surface area is 127 Å². The smallest absolute Gasteiger partial charge is 0.127 e. The molecule has 0 heterocycles. The summed E-state index contributed by atoms with van der Waals surface area (Å²) in [7, 11) is 5.20. The van der Waals surface area contributed by atoms with Gasteiger partial charge < -0.3 is 24.3 Å². The number of likely N-dealkylation sites (N-methyl/N-ethyl adjacent to an activating group) is 1. The summed E-state index contributed by atoms with van der Waals surface area (Å²) in [4.78, 5) is 0. The van der Waals surface area contributed by atoms with E-state index in [4.69, 9.17) is 18.9 Å². The molecule has 0 saturated heterocycles. The number of hydrogen-bond donors (Lipinski definition) is 1. The normalized spacial score (nSPS) is 12.5. The van der Waals surface area contributed by atoms with Crippen molar-refractivity contribution in [2.24, 2.45) is 0 Å². The summed E-state index contributed by atoms with van der Waals surface area (Å²) in [5.74, 6) is 1.56. The third kappa shape index (κ3) is 5.91. The molecule has 1 atom stereocenters. The van der Waals surface area contributed by atoms with Crippen molar-refractivity contribution < 1.29 is 18.9 Å². The lowest BCUT2D eigenvalue weighted by Crippen LogP contribution is -2.23. The van der Waals surface area contributed by atoms with Crippen molar-refractivity contribution in [3.8, 4) is 11.5 Å². The van der Waals surface area contributed by atoms with E-state index in [1.807, 2.05) is 39.1 Å². The Hall–Kier alpha value is -1.30. The van der Waals surface area contributed by atoms with Gasteiger partial charge in [-0.05, 0) is 33.0 Å². The first-order chi connectivity index (χ1) is 10.1.